The summed E-state index contributed by atoms with van der Waals surface area (Å²) in [4.78, 5) is 0. The van der Waals surface area contributed by atoms with Gasteiger partial charge in [-0.2, -0.15) is 0 Å². The van der Waals surface area contributed by atoms with Crippen LogP contribution in [0.4, 0.5) is 8.78 Å². The first-order chi connectivity index (χ1) is 6.42. The maximum atomic E-state index is 12.6. The van der Waals surface area contributed by atoms with Crippen molar-refractivity contribution in [2.45, 2.75) is 63.6 Å². The van der Waals surface area contributed by atoms with Crippen LogP contribution in [0.1, 0.15) is 39.5 Å². The Labute approximate surface area is 96.4 Å². The summed E-state index contributed by atoms with van der Waals surface area (Å²) in [6, 6.07) is 0.474. The zero-order chi connectivity index (χ0) is 10.8. The van der Waals surface area contributed by atoms with Crippen molar-refractivity contribution in [1.29, 1.82) is 0 Å². The van der Waals surface area contributed by atoms with Gasteiger partial charge in [-0.15, -0.1) is 12.4 Å². The highest BCUT2D eigenvalue weighted by atomic mass is 35.5. The van der Waals surface area contributed by atoms with Crippen LogP contribution >= 0.6 is 12.4 Å². The van der Waals surface area contributed by atoms with Gasteiger partial charge in [0.25, 0.3) is 6.43 Å². The summed E-state index contributed by atoms with van der Waals surface area (Å²) in [7, 11) is 0. The molecular weight excluding hydrogens is 222 g/mol. The van der Waals surface area contributed by atoms with Gasteiger partial charge in [-0.3, -0.25) is 0 Å². The van der Waals surface area contributed by atoms with E-state index in [1.54, 1.807) is 13.8 Å². The molecule has 1 aliphatic rings. The second kappa shape index (κ2) is 5.97. The fraction of sp³-hybridized carbons (Fsp3) is 1.00. The number of nitrogens with two attached hydrogens (primary N) is 1. The van der Waals surface area contributed by atoms with Crippen molar-refractivity contribution in [3.8, 4) is 0 Å². The Bertz CT molecular complexity index is 180. The van der Waals surface area contributed by atoms with Gasteiger partial charge in [-0.05, 0) is 39.5 Å². The van der Waals surface area contributed by atoms with E-state index in [4.69, 9.17) is 5.73 Å². The zero-order valence-electron chi connectivity index (χ0n) is 9.30. The monoisotopic (exact) mass is 242 g/mol. The second-order valence-corrected chi connectivity index (χ2v) is 4.78. The first-order valence-corrected chi connectivity index (χ1v) is 5.23. The Morgan fingerprint density at radius 1 is 1.20 bits per heavy atom. The number of nitrogens with one attached hydrogen (secondary N) is 1. The van der Waals surface area contributed by atoms with Crippen molar-refractivity contribution >= 4 is 12.4 Å². The number of alkyl halides is 2. The van der Waals surface area contributed by atoms with Crippen molar-refractivity contribution in [1.82, 2.24) is 5.32 Å². The van der Waals surface area contributed by atoms with E-state index >= 15 is 0 Å². The third-order valence-electron chi connectivity index (χ3n) is 2.89. The Hall–Kier alpha value is 0.0700. The molecule has 0 atom stereocenters. The molecule has 1 aliphatic carbocycles. The molecule has 0 amide bonds. The summed E-state index contributed by atoms with van der Waals surface area (Å²) in [6.07, 6.45) is 1.39. The van der Waals surface area contributed by atoms with Crippen LogP contribution in [0.3, 0.4) is 0 Å². The molecule has 0 radical (unpaired) electrons. The van der Waals surface area contributed by atoms with E-state index in [1.165, 1.54) is 0 Å². The molecule has 2 nitrogen and oxygen atoms in total. The Balaban J connectivity index is 0.00000196. The molecule has 1 saturated carbocycles. The molecule has 0 bridgehead atoms. The molecule has 3 N–H and O–H groups in total. The Morgan fingerprint density at radius 2 is 1.67 bits per heavy atom. The highest BCUT2D eigenvalue weighted by molar-refractivity contribution is 5.85. The molecule has 5 heteroatoms. The van der Waals surface area contributed by atoms with Gasteiger partial charge in [0.2, 0.25) is 0 Å². The zero-order valence-corrected chi connectivity index (χ0v) is 10.1. The third kappa shape index (κ3) is 4.62. The van der Waals surface area contributed by atoms with E-state index in [0.717, 1.165) is 25.7 Å². The Kier molecular flexibility index (Phi) is 5.99. The minimum absolute atomic E-state index is 0. The first kappa shape index (κ1) is 15.1. The minimum atomic E-state index is -2.32. The molecule has 0 aromatic carbocycles. The SMILES string of the molecule is CC(C)(NC1CCC(N)CC1)C(F)F.Cl. The lowest BCUT2D eigenvalue weighted by molar-refractivity contribution is 0.0399. The predicted molar refractivity (Wildman–Crippen MR) is 60.7 cm³/mol. The van der Waals surface area contributed by atoms with Gasteiger partial charge in [0.1, 0.15) is 0 Å². The number of rotatable bonds is 3. The number of hydrogen-bond acceptors (Lipinski definition) is 2. The van der Waals surface area contributed by atoms with E-state index in [-0.39, 0.29) is 24.5 Å². The van der Waals surface area contributed by atoms with Crippen LogP contribution in [0.2, 0.25) is 0 Å². The van der Waals surface area contributed by atoms with Crippen LogP contribution in [0.25, 0.3) is 0 Å². The average Bonchev–Trinajstić information content (AvgIpc) is 2.08. The lowest BCUT2D eigenvalue weighted by Crippen LogP contribution is -2.52. The summed E-state index contributed by atoms with van der Waals surface area (Å²) in [5, 5.41) is 3.01. The normalized spacial score (nSPS) is 27.6. The lowest BCUT2D eigenvalue weighted by atomic mass is 9.90. The smallest absolute Gasteiger partial charge is 0.255 e. The summed E-state index contributed by atoms with van der Waals surface area (Å²) in [5.74, 6) is 0. The summed E-state index contributed by atoms with van der Waals surface area (Å²) in [5.41, 5.74) is 4.67. The van der Waals surface area contributed by atoms with Gasteiger partial charge in [0, 0.05) is 12.1 Å². The molecule has 1 rings (SSSR count). The first-order valence-electron chi connectivity index (χ1n) is 5.23. The molecule has 0 aromatic heterocycles. The molecule has 15 heavy (non-hydrogen) atoms. The molecule has 0 aliphatic heterocycles. The molecule has 1 fully saturated rings. The lowest BCUT2D eigenvalue weighted by Gasteiger charge is -2.34. The topological polar surface area (TPSA) is 38.0 Å². The van der Waals surface area contributed by atoms with Crippen molar-refractivity contribution in [2.24, 2.45) is 5.73 Å². The standard InChI is InChI=1S/C10H20F2N2.ClH/c1-10(2,9(11)12)14-8-5-3-7(13)4-6-8;/h7-9,14H,3-6,13H2,1-2H3;1H. The molecule has 0 aromatic rings. The molecule has 0 spiro atoms. The van der Waals surface area contributed by atoms with Crippen molar-refractivity contribution in [3.63, 3.8) is 0 Å². The van der Waals surface area contributed by atoms with E-state index in [1.807, 2.05) is 0 Å². The van der Waals surface area contributed by atoms with Gasteiger partial charge in [-0.25, -0.2) is 8.78 Å². The maximum absolute atomic E-state index is 12.6. The van der Waals surface area contributed by atoms with Gasteiger partial charge < -0.3 is 11.1 Å². The van der Waals surface area contributed by atoms with Crippen LogP contribution in [-0.2, 0) is 0 Å². The summed E-state index contributed by atoms with van der Waals surface area (Å²) in [6.45, 7) is 3.10. The summed E-state index contributed by atoms with van der Waals surface area (Å²) < 4.78 is 25.1. The van der Waals surface area contributed by atoms with Crippen molar-refractivity contribution in [3.05, 3.63) is 0 Å². The highest BCUT2D eigenvalue weighted by Crippen LogP contribution is 2.22. The van der Waals surface area contributed by atoms with Crippen LogP contribution in [0.5, 0.6) is 0 Å². The average molecular weight is 243 g/mol. The maximum Gasteiger partial charge on any atom is 0.255 e. The summed E-state index contributed by atoms with van der Waals surface area (Å²) >= 11 is 0. The minimum Gasteiger partial charge on any atom is -0.328 e. The van der Waals surface area contributed by atoms with Gasteiger partial charge in [0.15, 0.2) is 0 Å². The van der Waals surface area contributed by atoms with Crippen LogP contribution in [0, 0.1) is 0 Å². The van der Waals surface area contributed by atoms with Gasteiger partial charge in [0.05, 0.1) is 5.54 Å². The van der Waals surface area contributed by atoms with Gasteiger partial charge >= 0.3 is 0 Å². The van der Waals surface area contributed by atoms with E-state index in [2.05, 4.69) is 5.32 Å². The van der Waals surface area contributed by atoms with Crippen molar-refractivity contribution < 1.29 is 8.78 Å². The van der Waals surface area contributed by atoms with Crippen molar-refractivity contribution in [2.75, 3.05) is 0 Å². The van der Waals surface area contributed by atoms with E-state index < -0.39 is 12.0 Å². The number of hydrogen-bond donors (Lipinski definition) is 2. The van der Waals surface area contributed by atoms with E-state index in [0.29, 0.717) is 0 Å². The fourth-order valence-corrected chi connectivity index (χ4v) is 1.85. The largest absolute Gasteiger partial charge is 0.328 e. The third-order valence-corrected chi connectivity index (χ3v) is 2.89. The van der Waals surface area contributed by atoms with Crippen LogP contribution in [-0.4, -0.2) is 24.0 Å². The Morgan fingerprint density at radius 3 is 2.07 bits per heavy atom. The van der Waals surface area contributed by atoms with Crippen LogP contribution in [0.15, 0.2) is 0 Å². The highest BCUT2D eigenvalue weighted by Gasteiger charge is 2.32. The second-order valence-electron chi connectivity index (χ2n) is 4.78. The molecule has 0 unspecified atom stereocenters. The quantitative estimate of drug-likeness (QED) is 0.797. The molecular formula is C10H21ClF2N2. The van der Waals surface area contributed by atoms with Gasteiger partial charge in [-0.1, -0.05) is 0 Å². The number of halogens is 3. The molecule has 92 valence electrons. The van der Waals surface area contributed by atoms with Crippen LogP contribution < -0.4 is 11.1 Å². The van der Waals surface area contributed by atoms with E-state index in [9.17, 15) is 8.78 Å². The molecule has 0 saturated heterocycles. The molecule has 0 heterocycles. The predicted octanol–water partition coefficient (Wildman–Crippen LogP) is 2.31. The fourth-order valence-electron chi connectivity index (χ4n) is 1.85.